The Morgan fingerprint density at radius 1 is 1.32 bits per heavy atom. The van der Waals surface area contributed by atoms with Crippen molar-refractivity contribution in [3.8, 4) is 0 Å². The second-order valence-corrected chi connectivity index (χ2v) is 5.63. The molecule has 0 aromatic heterocycles. The van der Waals surface area contributed by atoms with E-state index in [0.29, 0.717) is 0 Å². The zero-order valence-electron chi connectivity index (χ0n) is 11.7. The van der Waals surface area contributed by atoms with Crippen LogP contribution < -0.4 is 5.32 Å². The van der Waals surface area contributed by atoms with Crippen LogP contribution >= 0.6 is 11.6 Å². The van der Waals surface area contributed by atoms with Gasteiger partial charge in [-0.1, -0.05) is 30.7 Å². The Morgan fingerprint density at radius 3 is 2.53 bits per heavy atom. The summed E-state index contributed by atoms with van der Waals surface area (Å²) in [7, 11) is 1.85. The molecule has 0 unspecified atom stereocenters. The lowest BCUT2D eigenvalue weighted by molar-refractivity contribution is 0.273. The third-order valence-electron chi connectivity index (χ3n) is 3.66. The van der Waals surface area contributed by atoms with Gasteiger partial charge in [0.1, 0.15) is 0 Å². The number of nitrogens with one attached hydrogen (secondary N) is 1. The molecule has 3 nitrogen and oxygen atoms in total. The first-order chi connectivity index (χ1) is 9.19. The molecule has 0 radical (unpaired) electrons. The lowest BCUT2D eigenvalue weighted by Crippen LogP contribution is -2.45. The summed E-state index contributed by atoms with van der Waals surface area (Å²) in [6.07, 6.45) is 2.50. The summed E-state index contributed by atoms with van der Waals surface area (Å²) in [5.74, 6) is 1.84. The van der Waals surface area contributed by atoms with E-state index in [1.54, 1.807) is 0 Å². The van der Waals surface area contributed by atoms with E-state index < -0.39 is 0 Å². The molecule has 1 aromatic carbocycles. The van der Waals surface area contributed by atoms with E-state index in [1.807, 2.05) is 31.3 Å². The summed E-state index contributed by atoms with van der Waals surface area (Å²) in [6, 6.07) is 7.93. The van der Waals surface area contributed by atoms with Crippen LogP contribution in [0, 0.1) is 5.92 Å². The largest absolute Gasteiger partial charge is 0.352 e. The molecular weight excluding hydrogens is 258 g/mol. The topological polar surface area (TPSA) is 27.6 Å². The van der Waals surface area contributed by atoms with Crippen LogP contribution in [0.2, 0.25) is 5.02 Å². The van der Waals surface area contributed by atoms with Gasteiger partial charge in [0.25, 0.3) is 0 Å². The number of halogens is 1. The minimum atomic E-state index is 0.776. The Hall–Kier alpha value is -1.22. The van der Waals surface area contributed by atoms with Crippen LogP contribution in [-0.2, 0) is 6.54 Å². The van der Waals surface area contributed by atoms with Crippen LogP contribution in [0.4, 0.5) is 0 Å². The molecule has 19 heavy (non-hydrogen) atoms. The number of hydrogen-bond acceptors (Lipinski definition) is 1. The summed E-state index contributed by atoms with van der Waals surface area (Å²) >= 11 is 5.88. The molecule has 1 saturated heterocycles. The van der Waals surface area contributed by atoms with Crippen LogP contribution in [0.1, 0.15) is 25.3 Å². The molecule has 1 aliphatic rings. The number of guanidine groups is 1. The highest BCUT2D eigenvalue weighted by atomic mass is 35.5. The van der Waals surface area contributed by atoms with Gasteiger partial charge in [-0.05, 0) is 36.5 Å². The Bertz CT molecular complexity index is 420. The van der Waals surface area contributed by atoms with E-state index >= 15 is 0 Å². The predicted octanol–water partition coefficient (Wildman–Crippen LogP) is 3.15. The van der Waals surface area contributed by atoms with Crippen molar-refractivity contribution in [3.63, 3.8) is 0 Å². The number of aliphatic imine (C=N–C) groups is 1. The SMILES string of the molecule is CN=C(NCc1ccc(Cl)cc1)N1CCC(C)CC1. The Labute approximate surface area is 120 Å². The smallest absolute Gasteiger partial charge is 0.193 e. The molecule has 104 valence electrons. The lowest BCUT2D eigenvalue weighted by Gasteiger charge is -2.32. The number of rotatable bonds is 2. The molecular formula is C15H22ClN3. The van der Waals surface area contributed by atoms with Crippen LogP contribution in [-0.4, -0.2) is 31.0 Å². The number of likely N-dealkylation sites (tertiary alicyclic amines) is 1. The quantitative estimate of drug-likeness (QED) is 0.665. The average molecular weight is 280 g/mol. The maximum Gasteiger partial charge on any atom is 0.193 e. The first-order valence-electron chi connectivity index (χ1n) is 6.89. The summed E-state index contributed by atoms with van der Waals surface area (Å²) in [5, 5.41) is 4.20. The van der Waals surface area contributed by atoms with E-state index in [-0.39, 0.29) is 0 Å². The Kier molecular flexibility index (Phi) is 5.08. The van der Waals surface area contributed by atoms with Gasteiger partial charge in [0, 0.05) is 31.7 Å². The fourth-order valence-corrected chi connectivity index (χ4v) is 2.46. The zero-order chi connectivity index (χ0) is 13.7. The van der Waals surface area contributed by atoms with Gasteiger partial charge < -0.3 is 10.2 Å². The van der Waals surface area contributed by atoms with Crippen molar-refractivity contribution in [1.29, 1.82) is 0 Å². The molecule has 2 rings (SSSR count). The molecule has 0 aliphatic carbocycles. The second kappa shape index (κ2) is 6.80. The fourth-order valence-electron chi connectivity index (χ4n) is 2.34. The van der Waals surface area contributed by atoms with E-state index in [4.69, 9.17) is 11.6 Å². The standard InChI is InChI=1S/C15H22ClN3/c1-12-7-9-19(10-8-12)15(17-2)18-11-13-3-5-14(16)6-4-13/h3-6,12H,7-11H2,1-2H3,(H,17,18). The third kappa shape index (κ3) is 4.13. The van der Waals surface area contributed by atoms with Crippen LogP contribution in [0.15, 0.2) is 29.3 Å². The van der Waals surface area contributed by atoms with Gasteiger partial charge in [-0.2, -0.15) is 0 Å². The van der Waals surface area contributed by atoms with Crippen molar-refractivity contribution in [1.82, 2.24) is 10.2 Å². The third-order valence-corrected chi connectivity index (χ3v) is 3.91. The van der Waals surface area contributed by atoms with Gasteiger partial charge in [0.05, 0.1) is 0 Å². The first kappa shape index (κ1) is 14.2. The van der Waals surface area contributed by atoms with Crippen molar-refractivity contribution in [2.24, 2.45) is 10.9 Å². The molecule has 0 bridgehead atoms. The molecule has 0 atom stereocenters. The molecule has 4 heteroatoms. The second-order valence-electron chi connectivity index (χ2n) is 5.20. The molecule has 1 aromatic rings. The van der Waals surface area contributed by atoms with Crippen LogP contribution in [0.3, 0.4) is 0 Å². The minimum absolute atomic E-state index is 0.776. The highest BCUT2D eigenvalue weighted by Gasteiger charge is 2.18. The molecule has 1 N–H and O–H groups in total. The number of nitrogens with zero attached hydrogens (tertiary/aromatic N) is 2. The highest BCUT2D eigenvalue weighted by Crippen LogP contribution is 2.16. The Morgan fingerprint density at radius 2 is 1.95 bits per heavy atom. The summed E-state index contributed by atoms with van der Waals surface area (Å²) < 4.78 is 0. The molecule has 0 saturated carbocycles. The number of hydrogen-bond donors (Lipinski definition) is 1. The van der Waals surface area contributed by atoms with Gasteiger partial charge in [-0.25, -0.2) is 0 Å². The fraction of sp³-hybridized carbons (Fsp3) is 0.533. The molecule has 1 fully saturated rings. The summed E-state index contributed by atoms with van der Waals surface area (Å²) in [6.45, 7) is 5.31. The Balaban J connectivity index is 1.87. The van der Waals surface area contributed by atoms with Gasteiger partial charge in [0.2, 0.25) is 0 Å². The van der Waals surface area contributed by atoms with Gasteiger partial charge in [0.15, 0.2) is 5.96 Å². The number of benzene rings is 1. The van der Waals surface area contributed by atoms with Crippen molar-refractivity contribution < 1.29 is 0 Å². The summed E-state index contributed by atoms with van der Waals surface area (Å²) in [4.78, 5) is 6.72. The van der Waals surface area contributed by atoms with Gasteiger partial charge >= 0.3 is 0 Å². The van der Waals surface area contributed by atoms with E-state index in [2.05, 4.69) is 22.1 Å². The van der Waals surface area contributed by atoms with E-state index in [9.17, 15) is 0 Å². The first-order valence-corrected chi connectivity index (χ1v) is 7.27. The summed E-state index contributed by atoms with van der Waals surface area (Å²) in [5.41, 5.74) is 1.22. The van der Waals surface area contributed by atoms with Gasteiger partial charge in [-0.15, -0.1) is 0 Å². The van der Waals surface area contributed by atoms with Crippen LogP contribution in [0.25, 0.3) is 0 Å². The van der Waals surface area contributed by atoms with Crippen molar-refractivity contribution in [2.45, 2.75) is 26.3 Å². The number of piperidine rings is 1. The van der Waals surface area contributed by atoms with Gasteiger partial charge in [-0.3, -0.25) is 4.99 Å². The van der Waals surface area contributed by atoms with Crippen molar-refractivity contribution in [3.05, 3.63) is 34.9 Å². The molecule has 0 amide bonds. The predicted molar refractivity (Wildman–Crippen MR) is 81.6 cm³/mol. The molecule has 1 heterocycles. The highest BCUT2D eigenvalue weighted by molar-refractivity contribution is 6.30. The van der Waals surface area contributed by atoms with Crippen molar-refractivity contribution in [2.75, 3.05) is 20.1 Å². The zero-order valence-corrected chi connectivity index (χ0v) is 12.5. The van der Waals surface area contributed by atoms with E-state index in [1.165, 1.54) is 18.4 Å². The minimum Gasteiger partial charge on any atom is -0.352 e. The van der Waals surface area contributed by atoms with E-state index in [0.717, 1.165) is 36.5 Å². The average Bonchev–Trinajstić information content (AvgIpc) is 2.43. The van der Waals surface area contributed by atoms with Crippen molar-refractivity contribution >= 4 is 17.6 Å². The molecule has 1 aliphatic heterocycles. The maximum absolute atomic E-state index is 5.88. The normalized spacial score (nSPS) is 17.6. The molecule has 0 spiro atoms. The monoisotopic (exact) mass is 279 g/mol. The lowest BCUT2D eigenvalue weighted by atomic mass is 10.00. The van der Waals surface area contributed by atoms with Crippen LogP contribution in [0.5, 0.6) is 0 Å². The maximum atomic E-state index is 5.88.